The van der Waals surface area contributed by atoms with Gasteiger partial charge in [0.25, 0.3) is 5.91 Å². The fourth-order valence-corrected chi connectivity index (χ4v) is 4.69. The minimum atomic E-state index is -0.672. The van der Waals surface area contributed by atoms with E-state index in [1.165, 1.54) is 11.3 Å². The number of hydrogen-bond donors (Lipinski definition) is 2. The molecule has 0 aliphatic carbocycles. The zero-order valence-electron chi connectivity index (χ0n) is 17.5. The highest BCUT2D eigenvalue weighted by Gasteiger charge is 2.35. The predicted molar refractivity (Wildman–Crippen MR) is 116 cm³/mol. The standard InChI is InChI=1S/C20H28ClN5O2S/c1-20(2,3)16(19(28)22-4)24-18(27)14-13-11-25(5)8-6-9-26(13)17(23-14)15-12(21)7-10-29-15/h7,10,16H,6,8-9,11H2,1-5H3,(H,22,28)(H,24,27). The van der Waals surface area contributed by atoms with E-state index in [2.05, 4.69) is 20.1 Å². The van der Waals surface area contributed by atoms with Gasteiger partial charge in [0, 0.05) is 20.1 Å². The van der Waals surface area contributed by atoms with Gasteiger partial charge in [-0.25, -0.2) is 4.98 Å². The number of halogens is 1. The van der Waals surface area contributed by atoms with Crippen molar-refractivity contribution in [2.24, 2.45) is 5.41 Å². The number of fused-ring (bicyclic) bond motifs is 1. The van der Waals surface area contributed by atoms with Crippen molar-refractivity contribution < 1.29 is 9.59 Å². The maximum absolute atomic E-state index is 13.3. The molecule has 0 aromatic carbocycles. The van der Waals surface area contributed by atoms with Crippen molar-refractivity contribution in [3.63, 3.8) is 0 Å². The van der Waals surface area contributed by atoms with E-state index in [0.717, 1.165) is 30.1 Å². The highest BCUT2D eigenvalue weighted by Crippen LogP contribution is 2.35. The molecule has 3 rings (SSSR count). The maximum atomic E-state index is 13.3. The van der Waals surface area contributed by atoms with Crippen LogP contribution >= 0.6 is 22.9 Å². The van der Waals surface area contributed by atoms with Crippen molar-refractivity contribution in [1.29, 1.82) is 0 Å². The third-order valence-corrected chi connectivity index (χ3v) is 6.44. The number of hydrogen-bond acceptors (Lipinski definition) is 5. The van der Waals surface area contributed by atoms with Crippen molar-refractivity contribution in [3.05, 3.63) is 27.9 Å². The normalized spacial score (nSPS) is 16.1. The lowest BCUT2D eigenvalue weighted by molar-refractivity contribution is -0.124. The van der Waals surface area contributed by atoms with Gasteiger partial charge in [0.1, 0.15) is 6.04 Å². The molecule has 7 nitrogen and oxygen atoms in total. The molecule has 9 heteroatoms. The molecule has 0 bridgehead atoms. The lowest BCUT2D eigenvalue weighted by Crippen LogP contribution is -2.53. The molecule has 0 spiro atoms. The lowest BCUT2D eigenvalue weighted by Gasteiger charge is -2.29. The van der Waals surface area contributed by atoms with Gasteiger partial charge in [-0.2, -0.15) is 0 Å². The maximum Gasteiger partial charge on any atom is 0.272 e. The first-order valence-electron chi connectivity index (χ1n) is 9.67. The summed E-state index contributed by atoms with van der Waals surface area (Å²) in [5.41, 5.74) is 0.770. The number of rotatable bonds is 4. The second-order valence-corrected chi connectivity index (χ2v) is 9.78. The molecule has 1 aliphatic rings. The number of nitrogens with one attached hydrogen (secondary N) is 2. The van der Waals surface area contributed by atoms with E-state index in [0.29, 0.717) is 23.1 Å². The molecule has 2 aromatic rings. The zero-order chi connectivity index (χ0) is 21.3. The minimum absolute atomic E-state index is 0.227. The first-order valence-corrected chi connectivity index (χ1v) is 10.9. The van der Waals surface area contributed by atoms with E-state index in [4.69, 9.17) is 16.6 Å². The molecule has 2 N–H and O–H groups in total. The average Bonchev–Trinajstić information content (AvgIpc) is 3.16. The molecule has 1 atom stereocenters. The molecule has 29 heavy (non-hydrogen) atoms. The fraction of sp³-hybridized carbons (Fsp3) is 0.550. The van der Waals surface area contributed by atoms with Crippen LogP contribution in [0.15, 0.2) is 11.4 Å². The molecule has 3 heterocycles. The summed E-state index contributed by atoms with van der Waals surface area (Å²) in [6, 6.07) is 1.17. The van der Waals surface area contributed by atoms with Crippen molar-refractivity contribution >= 4 is 34.8 Å². The van der Waals surface area contributed by atoms with E-state index in [1.807, 2.05) is 39.3 Å². The topological polar surface area (TPSA) is 79.3 Å². The van der Waals surface area contributed by atoms with Crippen LogP contribution < -0.4 is 10.6 Å². The van der Waals surface area contributed by atoms with Crippen LogP contribution in [0.5, 0.6) is 0 Å². The van der Waals surface area contributed by atoms with Crippen LogP contribution in [0, 0.1) is 5.41 Å². The van der Waals surface area contributed by atoms with Gasteiger partial charge in [-0.15, -0.1) is 11.3 Å². The summed E-state index contributed by atoms with van der Waals surface area (Å²) in [4.78, 5) is 33.4. The molecule has 0 saturated carbocycles. The number of carbonyl (C=O) groups excluding carboxylic acids is 2. The Morgan fingerprint density at radius 2 is 2.03 bits per heavy atom. The third kappa shape index (κ3) is 4.49. The highest BCUT2D eigenvalue weighted by molar-refractivity contribution is 7.14. The highest BCUT2D eigenvalue weighted by atomic mass is 35.5. The predicted octanol–water partition coefficient (Wildman–Crippen LogP) is 2.99. The molecule has 0 radical (unpaired) electrons. The van der Waals surface area contributed by atoms with E-state index < -0.39 is 11.5 Å². The number of thiophene rings is 1. The van der Waals surface area contributed by atoms with Crippen LogP contribution in [0.4, 0.5) is 0 Å². The second kappa shape index (κ2) is 8.45. The summed E-state index contributed by atoms with van der Waals surface area (Å²) in [5.74, 6) is 0.147. The quantitative estimate of drug-likeness (QED) is 0.770. The average molecular weight is 438 g/mol. The van der Waals surface area contributed by atoms with Gasteiger partial charge in [0.05, 0.1) is 15.6 Å². The third-order valence-electron chi connectivity index (χ3n) is 5.10. The van der Waals surface area contributed by atoms with E-state index in [1.54, 1.807) is 7.05 Å². The Balaban J connectivity index is 2.04. The molecular formula is C20H28ClN5O2S. The monoisotopic (exact) mass is 437 g/mol. The van der Waals surface area contributed by atoms with Crippen LogP contribution in [0.25, 0.3) is 10.7 Å². The zero-order valence-corrected chi connectivity index (χ0v) is 19.1. The Bertz CT molecular complexity index is 915. The largest absolute Gasteiger partial charge is 0.357 e. The number of nitrogens with zero attached hydrogens (tertiary/aromatic N) is 3. The number of amides is 2. The van der Waals surface area contributed by atoms with Crippen LogP contribution in [0.3, 0.4) is 0 Å². The molecule has 0 fully saturated rings. The van der Waals surface area contributed by atoms with Gasteiger partial charge in [0.2, 0.25) is 5.91 Å². The van der Waals surface area contributed by atoms with Crippen LogP contribution in [0.1, 0.15) is 43.4 Å². The van der Waals surface area contributed by atoms with Crippen LogP contribution in [-0.2, 0) is 17.9 Å². The number of imidazole rings is 1. The fourth-order valence-electron chi connectivity index (χ4n) is 3.55. The second-order valence-electron chi connectivity index (χ2n) is 8.46. The Morgan fingerprint density at radius 1 is 1.31 bits per heavy atom. The van der Waals surface area contributed by atoms with E-state index >= 15 is 0 Å². The Hall–Kier alpha value is -1.90. The van der Waals surface area contributed by atoms with E-state index in [9.17, 15) is 9.59 Å². The lowest BCUT2D eigenvalue weighted by atomic mass is 9.86. The molecule has 1 unspecified atom stereocenters. The van der Waals surface area contributed by atoms with Gasteiger partial charge < -0.3 is 20.1 Å². The number of likely N-dealkylation sites (N-methyl/N-ethyl adjacent to an activating group) is 1. The summed E-state index contributed by atoms with van der Waals surface area (Å²) >= 11 is 7.88. The Kier molecular flexibility index (Phi) is 6.36. The molecule has 1 aliphatic heterocycles. The van der Waals surface area contributed by atoms with Crippen molar-refractivity contribution in [2.45, 2.75) is 46.3 Å². The Morgan fingerprint density at radius 3 is 2.62 bits per heavy atom. The number of aromatic nitrogens is 2. The number of carbonyl (C=O) groups is 2. The van der Waals surface area contributed by atoms with Gasteiger partial charge in [0.15, 0.2) is 11.5 Å². The summed E-state index contributed by atoms with van der Waals surface area (Å²) < 4.78 is 2.10. The molecule has 0 saturated heterocycles. The molecule has 2 aromatic heterocycles. The Labute approximate surface area is 180 Å². The van der Waals surface area contributed by atoms with E-state index in [-0.39, 0.29) is 11.8 Å². The van der Waals surface area contributed by atoms with Gasteiger partial charge in [-0.1, -0.05) is 32.4 Å². The van der Waals surface area contributed by atoms with Gasteiger partial charge in [-0.05, 0) is 36.9 Å². The summed E-state index contributed by atoms with van der Waals surface area (Å²) in [6.45, 7) is 8.08. The summed E-state index contributed by atoms with van der Waals surface area (Å²) in [5, 5.41) is 8.10. The molecule has 158 valence electrons. The van der Waals surface area contributed by atoms with Crippen molar-refractivity contribution in [3.8, 4) is 10.7 Å². The van der Waals surface area contributed by atoms with Gasteiger partial charge >= 0.3 is 0 Å². The molecule has 2 amide bonds. The van der Waals surface area contributed by atoms with Gasteiger partial charge in [-0.3, -0.25) is 9.59 Å². The summed E-state index contributed by atoms with van der Waals surface area (Å²) in [7, 11) is 3.60. The smallest absolute Gasteiger partial charge is 0.272 e. The SMILES string of the molecule is CNC(=O)C(NC(=O)c1nc(-c2sccc2Cl)n2c1CN(C)CCC2)C(C)(C)C. The van der Waals surface area contributed by atoms with Crippen molar-refractivity contribution in [2.75, 3.05) is 20.6 Å². The minimum Gasteiger partial charge on any atom is -0.357 e. The first-order chi connectivity index (χ1) is 13.6. The van der Waals surface area contributed by atoms with Crippen LogP contribution in [-0.4, -0.2) is 52.9 Å². The summed E-state index contributed by atoms with van der Waals surface area (Å²) in [6.07, 6.45) is 0.958. The van der Waals surface area contributed by atoms with Crippen LogP contribution in [0.2, 0.25) is 5.02 Å². The molecular weight excluding hydrogens is 410 g/mol. The first kappa shape index (κ1) is 21.8. The van der Waals surface area contributed by atoms with Crippen molar-refractivity contribution in [1.82, 2.24) is 25.1 Å².